The van der Waals surface area contributed by atoms with E-state index < -0.39 is 16.4 Å². The van der Waals surface area contributed by atoms with Crippen LogP contribution >= 0.6 is 23.4 Å². The van der Waals surface area contributed by atoms with E-state index in [0.29, 0.717) is 10.7 Å². The molecule has 1 fully saturated rings. The minimum absolute atomic E-state index is 0.0368. The largest absolute Gasteiger partial charge is 0.326 e. The van der Waals surface area contributed by atoms with Crippen molar-refractivity contribution < 1.29 is 14.4 Å². The molecule has 1 atom stereocenters. The fourth-order valence-corrected chi connectivity index (χ4v) is 2.39. The Morgan fingerprint density at radius 3 is 2.56 bits per heavy atom. The second kappa shape index (κ2) is 5.41. The van der Waals surface area contributed by atoms with E-state index in [1.54, 1.807) is 24.3 Å². The Labute approximate surface area is 112 Å². The molecule has 0 spiro atoms. The summed E-state index contributed by atoms with van der Waals surface area (Å²) >= 11 is 6.55. The second-order valence-corrected chi connectivity index (χ2v) is 5.25. The van der Waals surface area contributed by atoms with E-state index in [9.17, 15) is 14.4 Å². The maximum absolute atomic E-state index is 11.7. The van der Waals surface area contributed by atoms with Crippen LogP contribution in [0.4, 0.5) is 10.5 Å². The standard InChI is InChI=1S/C11H9ClN2O3S/c12-6-1-3-7(4-2-6)13-9(15)5-8-10(16)14-11(17)18-8/h1-4,8H,5H2,(H,13,15)(H,14,16,17)/t8-/m0/s1. The van der Waals surface area contributed by atoms with Crippen LogP contribution in [0, 0.1) is 0 Å². The fraction of sp³-hybridized carbons (Fsp3) is 0.182. The number of rotatable bonds is 3. The number of amides is 3. The summed E-state index contributed by atoms with van der Waals surface area (Å²) in [4.78, 5) is 33.8. The van der Waals surface area contributed by atoms with Crippen LogP contribution in [0.1, 0.15) is 6.42 Å². The van der Waals surface area contributed by atoms with Crippen LogP contribution < -0.4 is 10.6 Å². The van der Waals surface area contributed by atoms with Crippen LogP contribution in [0.2, 0.25) is 5.02 Å². The third kappa shape index (κ3) is 3.24. The molecule has 1 saturated heterocycles. The highest BCUT2D eigenvalue weighted by Crippen LogP contribution is 2.22. The molecular formula is C11H9ClN2O3S. The number of imide groups is 1. The molecule has 1 aromatic rings. The lowest BCUT2D eigenvalue weighted by atomic mass is 10.2. The lowest BCUT2D eigenvalue weighted by molar-refractivity contribution is -0.122. The van der Waals surface area contributed by atoms with Crippen LogP contribution in [-0.4, -0.2) is 22.3 Å². The Morgan fingerprint density at radius 2 is 2.00 bits per heavy atom. The van der Waals surface area contributed by atoms with Gasteiger partial charge >= 0.3 is 0 Å². The Kier molecular flexibility index (Phi) is 3.88. The van der Waals surface area contributed by atoms with Crippen LogP contribution in [0.5, 0.6) is 0 Å². The number of anilines is 1. The first kappa shape index (κ1) is 12.9. The third-order valence-electron chi connectivity index (χ3n) is 2.27. The highest BCUT2D eigenvalue weighted by molar-refractivity contribution is 8.15. The van der Waals surface area contributed by atoms with Crippen LogP contribution in [0.3, 0.4) is 0 Å². The van der Waals surface area contributed by atoms with Gasteiger partial charge in [-0.25, -0.2) is 0 Å². The quantitative estimate of drug-likeness (QED) is 0.890. The molecule has 0 unspecified atom stereocenters. The smallest absolute Gasteiger partial charge is 0.286 e. The van der Waals surface area contributed by atoms with E-state index in [2.05, 4.69) is 10.6 Å². The van der Waals surface area contributed by atoms with Crippen molar-refractivity contribution in [2.45, 2.75) is 11.7 Å². The van der Waals surface area contributed by atoms with Gasteiger partial charge in [0.1, 0.15) is 5.25 Å². The number of carbonyl (C=O) groups is 3. The van der Waals surface area contributed by atoms with Gasteiger partial charge in [-0.2, -0.15) is 0 Å². The van der Waals surface area contributed by atoms with Crippen LogP contribution in [0.25, 0.3) is 0 Å². The molecule has 1 heterocycles. The summed E-state index contributed by atoms with van der Waals surface area (Å²) in [5.74, 6) is -0.740. The Morgan fingerprint density at radius 1 is 1.33 bits per heavy atom. The molecule has 0 saturated carbocycles. The van der Waals surface area contributed by atoms with Crippen molar-refractivity contribution >= 4 is 46.1 Å². The maximum atomic E-state index is 11.7. The SMILES string of the molecule is O=C(C[C@@H]1SC(=O)NC1=O)Nc1ccc(Cl)cc1. The molecule has 0 aromatic heterocycles. The van der Waals surface area contributed by atoms with E-state index in [1.165, 1.54) is 0 Å². The van der Waals surface area contributed by atoms with Gasteiger partial charge in [0.25, 0.3) is 5.24 Å². The summed E-state index contributed by atoms with van der Waals surface area (Å²) < 4.78 is 0. The number of carbonyl (C=O) groups excluding carboxylic acids is 3. The summed E-state index contributed by atoms with van der Waals surface area (Å²) in [6, 6.07) is 6.62. The number of nitrogens with one attached hydrogen (secondary N) is 2. The maximum Gasteiger partial charge on any atom is 0.286 e. The molecule has 0 bridgehead atoms. The molecule has 18 heavy (non-hydrogen) atoms. The van der Waals surface area contributed by atoms with E-state index in [4.69, 9.17) is 11.6 Å². The Hall–Kier alpha value is -1.53. The van der Waals surface area contributed by atoms with Crippen molar-refractivity contribution in [2.75, 3.05) is 5.32 Å². The summed E-state index contributed by atoms with van der Waals surface area (Å²) in [6.07, 6.45) is -0.0368. The zero-order valence-corrected chi connectivity index (χ0v) is 10.7. The molecule has 0 aliphatic carbocycles. The molecule has 0 radical (unpaired) electrons. The molecule has 1 aliphatic heterocycles. The van der Waals surface area contributed by atoms with Crippen molar-refractivity contribution in [3.8, 4) is 0 Å². The predicted molar refractivity (Wildman–Crippen MR) is 69.6 cm³/mol. The summed E-state index contributed by atoms with van der Waals surface area (Å²) in [5, 5.41) is 4.27. The Bertz CT molecular complexity index is 504. The van der Waals surface area contributed by atoms with Gasteiger partial charge in [-0.3, -0.25) is 19.7 Å². The zero-order valence-electron chi connectivity index (χ0n) is 9.10. The minimum atomic E-state index is -0.648. The topological polar surface area (TPSA) is 75.3 Å². The molecule has 3 amide bonds. The van der Waals surface area contributed by atoms with Gasteiger partial charge in [-0.05, 0) is 24.3 Å². The number of hydrogen-bond acceptors (Lipinski definition) is 4. The zero-order chi connectivity index (χ0) is 13.1. The Balaban J connectivity index is 1.91. The van der Waals surface area contributed by atoms with Gasteiger partial charge in [0.15, 0.2) is 0 Å². The molecule has 1 aromatic carbocycles. The third-order valence-corrected chi connectivity index (χ3v) is 3.50. The highest BCUT2D eigenvalue weighted by Gasteiger charge is 2.33. The molecule has 1 aliphatic rings. The van der Waals surface area contributed by atoms with E-state index in [-0.39, 0.29) is 12.3 Å². The molecular weight excluding hydrogens is 276 g/mol. The van der Waals surface area contributed by atoms with E-state index in [0.717, 1.165) is 11.8 Å². The molecule has 2 N–H and O–H groups in total. The van der Waals surface area contributed by atoms with Crippen molar-refractivity contribution in [1.29, 1.82) is 0 Å². The number of thioether (sulfide) groups is 1. The first-order valence-electron chi connectivity index (χ1n) is 5.11. The number of hydrogen-bond donors (Lipinski definition) is 2. The number of halogens is 1. The van der Waals surface area contributed by atoms with E-state index in [1.807, 2.05) is 0 Å². The van der Waals surface area contributed by atoms with Crippen molar-refractivity contribution in [1.82, 2.24) is 5.32 Å². The summed E-state index contributed by atoms with van der Waals surface area (Å²) in [5.41, 5.74) is 0.596. The molecule has 5 nitrogen and oxygen atoms in total. The molecule has 2 rings (SSSR count). The summed E-state index contributed by atoms with van der Waals surface area (Å²) in [6.45, 7) is 0. The lowest BCUT2D eigenvalue weighted by Gasteiger charge is -2.07. The van der Waals surface area contributed by atoms with Gasteiger partial charge in [-0.1, -0.05) is 23.4 Å². The molecule has 94 valence electrons. The first-order valence-corrected chi connectivity index (χ1v) is 6.37. The average molecular weight is 285 g/mol. The minimum Gasteiger partial charge on any atom is -0.326 e. The van der Waals surface area contributed by atoms with Crippen molar-refractivity contribution in [2.24, 2.45) is 0 Å². The summed E-state index contributed by atoms with van der Waals surface area (Å²) in [7, 11) is 0. The monoisotopic (exact) mass is 284 g/mol. The van der Waals surface area contributed by atoms with Gasteiger partial charge in [0.2, 0.25) is 11.8 Å². The average Bonchev–Trinajstić information content (AvgIpc) is 2.61. The van der Waals surface area contributed by atoms with Gasteiger partial charge < -0.3 is 5.32 Å². The lowest BCUT2D eigenvalue weighted by Crippen LogP contribution is -2.27. The van der Waals surface area contributed by atoms with Gasteiger partial charge in [0, 0.05) is 17.1 Å². The molecule has 7 heteroatoms. The van der Waals surface area contributed by atoms with Crippen molar-refractivity contribution in [3.63, 3.8) is 0 Å². The predicted octanol–water partition coefficient (Wildman–Crippen LogP) is 2.02. The number of benzene rings is 1. The van der Waals surface area contributed by atoms with Crippen LogP contribution in [-0.2, 0) is 9.59 Å². The normalized spacial score (nSPS) is 18.6. The van der Waals surface area contributed by atoms with Gasteiger partial charge in [-0.15, -0.1) is 0 Å². The second-order valence-electron chi connectivity index (χ2n) is 3.64. The highest BCUT2D eigenvalue weighted by atomic mass is 35.5. The van der Waals surface area contributed by atoms with E-state index >= 15 is 0 Å². The van der Waals surface area contributed by atoms with Crippen molar-refractivity contribution in [3.05, 3.63) is 29.3 Å². The van der Waals surface area contributed by atoms with Gasteiger partial charge in [0.05, 0.1) is 0 Å². The first-order chi connectivity index (χ1) is 8.54. The van der Waals surface area contributed by atoms with Crippen LogP contribution in [0.15, 0.2) is 24.3 Å². The fourth-order valence-electron chi connectivity index (χ4n) is 1.44.